The summed E-state index contributed by atoms with van der Waals surface area (Å²) in [5.41, 5.74) is 0.617. The summed E-state index contributed by atoms with van der Waals surface area (Å²) >= 11 is 0. The van der Waals surface area contributed by atoms with E-state index in [1.54, 1.807) is 13.0 Å². The van der Waals surface area contributed by atoms with E-state index in [1.165, 1.54) is 7.11 Å². The van der Waals surface area contributed by atoms with Crippen LogP contribution in [0.4, 0.5) is 0 Å². The van der Waals surface area contributed by atoms with Crippen LogP contribution in [0.2, 0.25) is 0 Å². The lowest BCUT2D eigenvalue weighted by Gasteiger charge is -1.95. The van der Waals surface area contributed by atoms with Gasteiger partial charge >= 0.3 is 0 Å². The topological polar surface area (TPSA) is 69.4 Å². The van der Waals surface area contributed by atoms with Crippen LogP contribution in [0.25, 0.3) is 0 Å². The van der Waals surface area contributed by atoms with Gasteiger partial charge in [0.2, 0.25) is 0 Å². The Morgan fingerprint density at radius 3 is 3.13 bits per heavy atom. The zero-order valence-electron chi connectivity index (χ0n) is 8.60. The van der Waals surface area contributed by atoms with E-state index in [2.05, 4.69) is 10.3 Å². The second kappa shape index (κ2) is 4.31. The normalized spacial score (nSPS) is 20.1. The van der Waals surface area contributed by atoms with Gasteiger partial charge in [0.1, 0.15) is 18.4 Å². The average Bonchev–Trinajstić information content (AvgIpc) is 2.94. The Morgan fingerprint density at radius 1 is 1.73 bits per heavy atom. The summed E-state index contributed by atoms with van der Waals surface area (Å²) in [4.78, 5) is 5.05. The number of hydrogen-bond donors (Lipinski definition) is 0. The second-order valence-corrected chi connectivity index (χ2v) is 3.16. The molecule has 0 saturated carbocycles. The minimum atomic E-state index is 0.200. The first-order valence-corrected chi connectivity index (χ1v) is 4.59. The molecule has 1 aliphatic rings. The lowest BCUT2D eigenvalue weighted by atomic mass is 10.3. The summed E-state index contributed by atoms with van der Waals surface area (Å²) in [5.74, 6) is 0.952. The van der Waals surface area contributed by atoms with E-state index in [0.717, 1.165) is 6.61 Å². The predicted octanol–water partition coefficient (Wildman–Crippen LogP) is 0.823. The number of aromatic nitrogens is 1. The van der Waals surface area contributed by atoms with Crippen molar-refractivity contribution in [2.24, 2.45) is 5.16 Å². The molecular formula is C9H12N2O4. The summed E-state index contributed by atoms with van der Waals surface area (Å²) in [6.07, 6.45) is 0.200. The molecule has 0 aromatic carbocycles. The molecule has 2 rings (SSSR count). The van der Waals surface area contributed by atoms with E-state index in [-0.39, 0.29) is 6.10 Å². The van der Waals surface area contributed by atoms with Crippen molar-refractivity contribution in [1.82, 2.24) is 5.16 Å². The van der Waals surface area contributed by atoms with Crippen LogP contribution in [-0.2, 0) is 9.57 Å². The van der Waals surface area contributed by atoms with Gasteiger partial charge in [0.15, 0.2) is 5.76 Å². The molecule has 0 amide bonds. The standard InChI is InChI=1S/C9H12N2O4/c1-6(10-14-5-7-4-13-7)8-3-9(12-2)11-15-8/h3,7H,4-5H2,1-2H3/b10-6+. The van der Waals surface area contributed by atoms with Gasteiger partial charge in [-0.1, -0.05) is 5.16 Å². The molecule has 0 spiro atoms. The van der Waals surface area contributed by atoms with E-state index < -0.39 is 0 Å². The molecule has 1 saturated heterocycles. The number of rotatable bonds is 5. The van der Waals surface area contributed by atoms with Gasteiger partial charge in [-0.15, -0.1) is 0 Å². The van der Waals surface area contributed by atoms with Crippen LogP contribution in [0.1, 0.15) is 12.7 Å². The molecule has 2 heterocycles. The van der Waals surface area contributed by atoms with E-state index in [0.29, 0.717) is 24.0 Å². The van der Waals surface area contributed by atoms with Crippen molar-refractivity contribution >= 4 is 5.71 Å². The molecule has 1 aromatic rings. The van der Waals surface area contributed by atoms with Gasteiger partial charge in [0, 0.05) is 0 Å². The summed E-state index contributed by atoms with van der Waals surface area (Å²) in [5, 5.41) is 7.52. The third-order valence-corrected chi connectivity index (χ3v) is 1.92. The third kappa shape index (κ3) is 2.69. The Bertz CT molecular complexity index is 357. The maximum atomic E-state index is 5.05. The smallest absolute Gasteiger partial charge is 0.254 e. The second-order valence-electron chi connectivity index (χ2n) is 3.16. The maximum absolute atomic E-state index is 5.05. The third-order valence-electron chi connectivity index (χ3n) is 1.92. The Morgan fingerprint density at radius 2 is 2.53 bits per heavy atom. The van der Waals surface area contributed by atoms with Crippen LogP contribution in [0.15, 0.2) is 15.7 Å². The van der Waals surface area contributed by atoms with Crippen molar-refractivity contribution < 1.29 is 18.8 Å². The molecule has 1 aliphatic heterocycles. The van der Waals surface area contributed by atoms with E-state index >= 15 is 0 Å². The van der Waals surface area contributed by atoms with Crippen LogP contribution in [0.5, 0.6) is 5.88 Å². The summed E-state index contributed by atoms with van der Waals surface area (Å²) < 4.78 is 14.8. The number of methoxy groups -OCH3 is 1. The quantitative estimate of drug-likeness (QED) is 0.410. The summed E-state index contributed by atoms with van der Waals surface area (Å²) in [7, 11) is 1.52. The SMILES string of the molecule is COc1cc(/C(C)=N/OCC2CO2)on1. The summed E-state index contributed by atoms with van der Waals surface area (Å²) in [6.45, 7) is 3.00. The first-order chi connectivity index (χ1) is 7.29. The Hall–Kier alpha value is -1.56. The first-order valence-electron chi connectivity index (χ1n) is 4.59. The van der Waals surface area contributed by atoms with Crippen LogP contribution in [-0.4, -0.2) is 37.3 Å². The molecule has 82 valence electrons. The Labute approximate surface area is 86.8 Å². The molecule has 0 N–H and O–H groups in total. The fourth-order valence-electron chi connectivity index (χ4n) is 0.952. The molecule has 0 aliphatic carbocycles. The molecule has 1 fully saturated rings. The van der Waals surface area contributed by atoms with Gasteiger partial charge in [-0.05, 0) is 12.1 Å². The average molecular weight is 212 g/mol. The molecule has 6 heteroatoms. The lowest BCUT2D eigenvalue weighted by molar-refractivity contribution is 0.124. The van der Waals surface area contributed by atoms with Gasteiger partial charge in [-0.2, -0.15) is 0 Å². The molecule has 0 bridgehead atoms. The van der Waals surface area contributed by atoms with Crippen LogP contribution >= 0.6 is 0 Å². The number of nitrogens with zero attached hydrogens (tertiary/aromatic N) is 2. The monoisotopic (exact) mass is 212 g/mol. The van der Waals surface area contributed by atoms with Crippen LogP contribution in [0.3, 0.4) is 0 Å². The van der Waals surface area contributed by atoms with Crippen molar-refractivity contribution in [2.45, 2.75) is 13.0 Å². The number of oxime groups is 1. The van der Waals surface area contributed by atoms with Gasteiger partial charge in [-0.3, -0.25) is 0 Å². The number of hydrogen-bond acceptors (Lipinski definition) is 6. The van der Waals surface area contributed by atoms with E-state index in [4.69, 9.17) is 18.8 Å². The molecule has 1 atom stereocenters. The minimum absolute atomic E-state index is 0.200. The van der Waals surface area contributed by atoms with Gasteiger partial charge in [0.05, 0.1) is 19.8 Å². The van der Waals surface area contributed by atoms with Crippen molar-refractivity contribution in [3.05, 3.63) is 11.8 Å². The molecule has 1 unspecified atom stereocenters. The fraction of sp³-hybridized carbons (Fsp3) is 0.556. The predicted molar refractivity (Wildman–Crippen MR) is 51.0 cm³/mol. The molecule has 1 aromatic heterocycles. The number of ether oxygens (including phenoxy) is 2. The van der Waals surface area contributed by atoms with Gasteiger partial charge in [0.25, 0.3) is 5.88 Å². The molecule has 0 radical (unpaired) electrons. The lowest BCUT2D eigenvalue weighted by Crippen LogP contribution is -2.00. The maximum Gasteiger partial charge on any atom is 0.254 e. The Kier molecular flexibility index (Phi) is 2.86. The zero-order valence-corrected chi connectivity index (χ0v) is 8.60. The molecule has 6 nitrogen and oxygen atoms in total. The van der Waals surface area contributed by atoms with Crippen LogP contribution in [0, 0.1) is 0 Å². The van der Waals surface area contributed by atoms with Crippen molar-refractivity contribution in [3.63, 3.8) is 0 Å². The van der Waals surface area contributed by atoms with E-state index in [1.807, 2.05) is 0 Å². The van der Waals surface area contributed by atoms with Crippen molar-refractivity contribution in [2.75, 3.05) is 20.3 Å². The minimum Gasteiger partial charge on any atom is -0.479 e. The highest BCUT2D eigenvalue weighted by Crippen LogP contribution is 2.12. The highest BCUT2D eigenvalue weighted by atomic mass is 16.7. The fourth-order valence-corrected chi connectivity index (χ4v) is 0.952. The van der Waals surface area contributed by atoms with Crippen LogP contribution < -0.4 is 4.74 Å². The molecular weight excluding hydrogens is 200 g/mol. The highest BCUT2D eigenvalue weighted by Gasteiger charge is 2.23. The van der Waals surface area contributed by atoms with Crippen molar-refractivity contribution in [3.8, 4) is 5.88 Å². The number of epoxide rings is 1. The van der Waals surface area contributed by atoms with Crippen molar-refractivity contribution in [1.29, 1.82) is 0 Å². The zero-order chi connectivity index (χ0) is 10.7. The highest BCUT2D eigenvalue weighted by molar-refractivity contribution is 5.95. The first kappa shape index (κ1) is 9.97. The van der Waals surface area contributed by atoms with Gasteiger partial charge in [-0.25, -0.2) is 0 Å². The molecule has 15 heavy (non-hydrogen) atoms. The largest absolute Gasteiger partial charge is 0.479 e. The Balaban J connectivity index is 1.89. The summed E-state index contributed by atoms with van der Waals surface area (Å²) in [6, 6.07) is 1.65. The van der Waals surface area contributed by atoms with E-state index in [9.17, 15) is 0 Å². The van der Waals surface area contributed by atoms with Gasteiger partial charge < -0.3 is 18.8 Å².